The van der Waals surface area contributed by atoms with Crippen molar-refractivity contribution >= 4 is 39.0 Å². The zero-order chi connectivity index (χ0) is 34.4. The van der Waals surface area contributed by atoms with Crippen molar-refractivity contribution in [3.05, 3.63) is 70.4 Å². The summed E-state index contributed by atoms with van der Waals surface area (Å²) in [6.07, 6.45) is 9.00. The van der Waals surface area contributed by atoms with E-state index in [9.17, 15) is 18.0 Å². The predicted molar refractivity (Wildman–Crippen MR) is 185 cm³/mol. The van der Waals surface area contributed by atoms with Gasteiger partial charge in [-0.15, -0.1) is 0 Å². The number of fused-ring (bicyclic) bond motifs is 5. The zero-order valence-electron chi connectivity index (χ0n) is 28.4. The summed E-state index contributed by atoms with van der Waals surface area (Å²) in [5.41, 5.74) is 5.77. The van der Waals surface area contributed by atoms with Gasteiger partial charge < -0.3 is 18.7 Å². The molecule has 0 radical (unpaired) electrons. The van der Waals surface area contributed by atoms with Gasteiger partial charge in [0, 0.05) is 60.7 Å². The van der Waals surface area contributed by atoms with Crippen LogP contribution in [0.5, 0.6) is 5.75 Å². The number of rotatable bonds is 7. The second-order valence-electron chi connectivity index (χ2n) is 13.5. The molecule has 2 amide bonds. The SMILES string of the molecule is COc1ccc2c(c1)C=C(C(=O)N1CCC(c3nc(C)no3)CC1)Cn1c-2c(C2CCCCC2)c2ccc(C(=O)NS(=O)(=O)N(C)C)cc21. The van der Waals surface area contributed by atoms with Crippen molar-refractivity contribution in [1.82, 2.24) is 28.6 Å². The second-order valence-corrected chi connectivity index (χ2v) is 15.4. The Bertz CT molecular complexity index is 2070. The zero-order valence-corrected chi connectivity index (χ0v) is 29.2. The van der Waals surface area contributed by atoms with Gasteiger partial charge in [-0.25, -0.2) is 4.72 Å². The van der Waals surface area contributed by atoms with Crippen LogP contribution in [-0.4, -0.2) is 78.4 Å². The van der Waals surface area contributed by atoms with E-state index in [1.165, 1.54) is 26.1 Å². The molecule has 4 heterocycles. The molecule has 2 aromatic heterocycles. The summed E-state index contributed by atoms with van der Waals surface area (Å²) < 4.78 is 41.4. The van der Waals surface area contributed by atoms with E-state index >= 15 is 0 Å². The number of methoxy groups -OCH3 is 1. The molecule has 1 saturated carbocycles. The number of carbonyl (C=O) groups is 2. The number of nitrogens with one attached hydrogen (secondary N) is 1. The molecule has 13 heteroatoms. The molecule has 12 nitrogen and oxygen atoms in total. The molecular formula is C36H42N6O6S. The first kappa shape index (κ1) is 33.0. The smallest absolute Gasteiger partial charge is 0.303 e. The number of piperidine rings is 1. The highest BCUT2D eigenvalue weighted by Gasteiger charge is 2.33. The molecular weight excluding hydrogens is 644 g/mol. The fourth-order valence-electron chi connectivity index (χ4n) is 7.59. The van der Waals surface area contributed by atoms with Crippen LogP contribution in [0.2, 0.25) is 0 Å². The van der Waals surface area contributed by atoms with Crippen molar-refractivity contribution in [2.24, 2.45) is 0 Å². The van der Waals surface area contributed by atoms with Crippen LogP contribution < -0.4 is 9.46 Å². The molecule has 0 atom stereocenters. The van der Waals surface area contributed by atoms with E-state index < -0.39 is 16.1 Å². The van der Waals surface area contributed by atoms with Gasteiger partial charge in [-0.2, -0.15) is 17.7 Å². The lowest BCUT2D eigenvalue weighted by molar-refractivity contribution is -0.128. The predicted octanol–water partition coefficient (Wildman–Crippen LogP) is 5.40. The number of amides is 2. The Morgan fingerprint density at radius 2 is 1.76 bits per heavy atom. The van der Waals surface area contributed by atoms with Gasteiger partial charge in [0.25, 0.3) is 11.8 Å². The van der Waals surface area contributed by atoms with Crippen LogP contribution in [0.3, 0.4) is 0 Å². The van der Waals surface area contributed by atoms with Gasteiger partial charge in [-0.3, -0.25) is 9.59 Å². The lowest BCUT2D eigenvalue weighted by Gasteiger charge is -2.31. The van der Waals surface area contributed by atoms with Crippen molar-refractivity contribution < 1.29 is 27.3 Å². The van der Waals surface area contributed by atoms with Crippen LogP contribution in [0, 0.1) is 6.92 Å². The summed E-state index contributed by atoms with van der Waals surface area (Å²) in [4.78, 5) is 34.0. The number of ether oxygens (including phenoxy) is 1. The van der Waals surface area contributed by atoms with Gasteiger partial charge in [0.15, 0.2) is 5.82 Å². The Balaban J connectivity index is 1.33. The minimum absolute atomic E-state index is 0.0474. The molecule has 258 valence electrons. The second kappa shape index (κ2) is 13.1. The number of likely N-dealkylation sites (tertiary alicyclic amines) is 1. The molecule has 3 aliphatic rings. The molecule has 7 rings (SSSR count). The first-order valence-corrected chi connectivity index (χ1v) is 18.4. The van der Waals surface area contributed by atoms with Gasteiger partial charge in [-0.1, -0.05) is 30.5 Å². The van der Waals surface area contributed by atoms with Gasteiger partial charge in [0.05, 0.1) is 19.3 Å². The van der Waals surface area contributed by atoms with Crippen molar-refractivity contribution in [3.63, 3.8) is 0 Å². The van der Waals surface area contributed by atoms with Gasteiger partial charge in [-0.05, 0) is 86.1 Å². The van der Waals surface area contributed by atoms with E-state index in [0.717, 1.165) is 70.6 Å². The first-order valence-electron chi connectivity index (χ1n) is 16.9. The fraction of sp³-hybridized carbons (Fsp3) is 0.444. The summed E-state index contributed by atoms with van der Waals surface area (Å²) in [5, 5.41) is 4.96. The van der Waals surface area contributed by atoms with E-state index in [4.69, 9.17) is 9.26 Å². The monoisotopic (exact) mass is 686 g/mol. The maximum Gasteiger partial charge on any atom is 0.303 e. The highest BCUT2D eigenvalue weighted by atomic mass is 32.2. The average molecular weight is 687 g/mol. The van der Waals surface area contributed by atoms with Crippen LogP contribution in [0.15, 0.2) is 46.5 Å². The van der Waals surface area contributed by atoms with Gasteiger partial charge >= 0.3 is 10.2 Å². The van der Waals surface area contributed by atoms with E-state index in [1.54, 1.807) is 26.2 Å². The molecule has 2 aromatic carbocycles. The molecule has 0 unspecified atom stereocenters. The number of hydrogen-bond donors (Lipinski definition) is 1. The quantitative estimate of drug-likeness (QED) is 0.273. The standard InChI is InChI=1S/C36H42N6O6S/c1-22-37-35(48-38-22)24-14-16-41(17-15-24)36(44)27-18-26-19-28(47-4)11-13-29(26)33-32(23-8-6-5-7-9-23)30-12-10-25(20-31(30)42(33)21-27)34(43)39-49(45,46)40(2)3/h10-13,18-20,23-24H,5-9,14-17,21H2,1-4H3,(H,39,43). The normalized spacial score (nSPS) is 17.4. The minimum atomic E-state index is -3.99. The molecule has 0 spiro atoms. The summed E-state index contributed by atoms with van der Waals surface area (Å²) in [5.74, 6) is 1.58. The minimum Gasteiger partial charge on any atom is -0.497 e. The highest BCUT2D eigenvalue weighted by molar-refractivity contribution is 7.87. The lowest BCUT2D eigenvalue weighted by atomic mass is 9.81. The van der Waals surface area contributed by atoms with Crippen molar-refractivity contribution in [2.75, 3.05) is 34.3 Å². The largest absolute Gasteiger partial charge is 0.497 e. The topological polar surface area (TPSA) is 140 Å². The number of nitrogens with zero attached hydrogens (tertiary/aromatic N) is 5. The summed E-state index contributed by atoms with van der Waals surface area (Å²) in [6, 6.07) is 11.4. The van der Waals surface area contributed by atoms with Gasteiger partial charge in [0.1, 0.15) is 5.75 Å². The molecule has 4 aromatic rings. The Morgan fingerprint density at radius 3 is 2.43 bits per heavy atom. The Hall–Kier alpha value is -4.49. The molecule has 1 saturated heterocycles. The maximum atomic E-state index is 14.4. The third-order valence-corrected chi connectivity index (χ3v) is 11.6. The first-order chi connectivity index (χ1) is 23.5. The molecule has 49 heavy (non-hydrogen) atoms. The Morgan fingerprint density at radius 1 is 1.00 bits per heavy atom. The Labute approximate surface area is 286 Å². The van der Waals surface area contributed by atoms with Crippen LogP contribution in [0.1, 0.15) is 90.0 Å². The third kappa shape index (κ3) is 6.25. The van der Waals surface area contributed by atoms with Crippen LogP contribution in [0.25, 0.3) is 28.2 Å². The molecule has 0 bridgehead atoms. The molecule has 2 aliphatic heterocycles. The van der Waals surface area contributed by atoms with Crippen molar-refractivity contribution in [1.29, 1.82) is 0 Å². The highest BCUT2D eigenvalue weighted by Crippen LogP contribution is 2.47. The lowest BCUT2D eigenvalue weighted by Crippen LogP contribution is -2.39. The van der Waals surface area contributed by atoms with Crippen LogP contribution >= 0.6 is 0 Å². The van der Waals surface area contributed by atoms with E-state index in [0.29, 0.717) is 42.0 Å². The number of carbonyl (C=O) groups excluding carboxylic acids is 2. The number of aryl methyl sites for hydroxylation is 1. The van der Waals surface area contributed by atoms with E-state index in [1.807, 2.05) is 29.2 Å². The van der Waals surface area contributed by atoms with Crippen LogP contribution in [-0.2, 0) is 21.5 Å². The number of benzene rings is 2. The fourth-order valence-corrected chi connectivity index (χ4v) is 8.13. The Kier molecular flexibility index (Phi) is 8.82. The van der Waals surface area contributed by atoms with Crippen molar-refractivity contribution in [2.45, 2.75) is 70.3 Å². The summed E-state index contributed by atoms with van der Waals surface area (Å²) in [7, 11) is 0.383. The summed E-state index contributed by atoms with van der Waals surface area (Å²) >= 11 is 0. The maximum absolute atomic E-state index is 14.4. The van der Waals surface area contributed by atoms with E-state index in [2.05, 4.69) is 25.5 Å². The van der Waals surface area contributed by atoms with Crippen LogP contribution in [0.4, 0.5) is 0 Å². The average Bonchev–Trinajstić information content (AvgIpc) is 3.63. The van der Waals surface area contributed by atoms with E-state index in [-0.39, 0.29) is 23.9 Å². The van der Waals surface area contributed by atoms with Crippen molar-refractivity contribution in [3.8, 4) is 17.0 Å². The third-order valence-electron chi connectivity index (χ3n) is 10.2. The summed E-state index contributed by atoms with van der Waals surface area (Å²) in [6.45, 7) is 3.21. The molecule has 2 fully saturated rings. The molecule has 1 aliphatic carbocycles. The molecule has 1 N–H and O–H groups in total. The van der Waals surface area contributed by atoms with Gasteiger partial charge in [0.2, 0.25) is 5.89 Å². The number of aromatic nitrogens is 3. The number of hydrogen-bond acceptors (Lipinski definition) is 8.